The highest BCUT2D eigenvalue weighted by Crippen LogP contribution is 2.44. The van der Waals surface area contributed by atoms with Crippen molar-refractivity contribution >= 4 is 27.0 Å². The first-order valence-electron chi connectivity index (χ1n) is 13.3. The Hall–Kier alpha value is -2.89. The van der Waals surface area contributed by atoms with E-state index in [1.807, 2.05) is 60.6 Å². The second-order valence-corrected chi connectivity index (χ2v) is 15.1. The number of hydrogen-bond donors (Lipinski definition) is 1. The number of halogens is 2. The molecule has 0 saturated heterocycles. The van der Waals surface area contributed by atoms with Gasteiger partial charge in [-0.2, -0.15) is 0 Å². The van der Waals surface area contributed by atoms with Gasteiger partial charge >= 0.3 is 6.29 Å². The van der Waals surface area contributed by atoms with Crippen LogP contribution in [-0.2, 0) is 33.1 Å². The van der Waals surface area contributed by atoms with E-state index in [4.69, 9.17) is 0 Å². The number of carbonyl (C=O) groups is 1. The number of benzene rings is 2. The topological polar surface area (TPSA) is 103 Å². The van der Waals surface area contributed by atoms with Crippen molar-refractivity contribution in [3.05, 3.63) is 57.7 Å². The Balaban J connectivity index is 1.68. The lowest BCUT2D eigenvalue weighted by Gasteiger charge is -2.22. The first-order valence-corrected chi connectivity index (χ1v) is 15.8. The van der Waals surface area contributed by atoms with Crippen molar-refractivity contribution in [3.8, 4) is 22.6 Å². The summed E-state index contributed by atoms with van der Waals surface area (Å²) < 4.78 is 62.9. The van der Waals surface area contributed by atoms with E-state index in [2.05, 4.69) is 14.5 Å². The number of Topliss-reactive ketones (excluding diaryl/α,β-unsaturated/α-hetero) is 1. The number of rotatable bonds is 9. The number of carbonyl (C=O) groups excluding carboxylic acids is 1. The number of aliphatic hydroxyl groups excluding tert-OH is 1. The minimum atomic E-state index is -4.04. The molecule has 1 aliphatic rings. The molecule has 1 N–H and O–H groups in total. The molecule has 0 spiro atoms. The number of sulfone groups is 1. The summed E-state index contributed by atoms with van der Waals surface area (Å²) in [5, 5.41) is 10.3. The number of aliphatic hydroxyl groups is 1. The highest BCUT2D eigenvalue weighted by atomic mass is 32.2. The molecule has 1 aliphatic heterocycles. The summed E-state index contributed by atoms with van der Waals surface area (Å²) in [4.78, 5) is 17.7. The van der Waals surface area contributed by atoms with Crippen molar-refractivity contribution in [2.45, 2.75) is 89.2 Å². The monoisotopic (exact) mass is 607 g/mol. The first-order chi connectivity index (χ1) is 18.9. The molecule has 0 bridgehead atoms. The zero-order valence-corrected chi connectivity index (χ0v) is 25.8. The van der Waals surface area contributed by atoms with Crippen molar-refractivity contribution in [3.63, 3.8) is 0 Å². The van der Waals surface area contributed by atoms with Gasteiger partial charge in [-0.3, -0.25) is 4.79 Å². The van der Waals surface area contributed by atoms with Crippen LogP contribution in [0.1, 0.15) is 87.7 Å². The van der Waals surface area contributed by atoms with E-state index >= 15 is 0 Å². The molecule has 7 nitrogen and oxygen atoms in total. The molecule has 11 heteroatoms. The van der Waals surface area contributed by atoms with Gasteiger partial charge in [0.15, 0.2) is 27.1 Å². The van der Waals surface area contributed by atoms with Gasteiger partial charge in [0.2, 0.25) is 0 Å². The highest BCUT2D eigenvalue weighted by Gasteiger charge is 2.43. The van der Waals surface area contributed by atoms with Crippen LogP contribution in [-0.4, -0.2) is 36.3 Å². The third-order valence-electron chi connectivity index (χ3n) is 6.76. The third-order valence-corrected chi connectivity index (χ3v) is 10.6. The molecule has 4 rings (SSSR count). The highest BCUT2D eigenvalue weighted by molar-refractivity contribution is 7.94. The van der Waals surface area contributed by atoms with Crippen molar-refractivity contribution in [2.75, 3.05) is 5.75 Å². The Bertz CT molecular complexity index is 1560. The van der Waals surface area contributed by atoms with Crippen LogP contribution in [0, 0.1) is 0 Å². The average molecular weight is 608 g/mol. The normalized spacial score (nSPS) is 14.7. The van der Waals surface area contributed by atoms with Gasteiger partial charge in [0, 0.05) is 11.8 Å². The minimum absolute atomic E-state index is 0.0120. The number of ketones is 1. The zero-order chi connectivity index (χ0) is 30.5. The van der Waals surface area contributed by atoms with Crippen LogP contribution in [0.5, 0.6) is 11.5 Å². The number of ether oxygens (including phenoxy) is 2. The second kappa shape index (κ2) is 11.1. The second-order valence-electron chi connectivity index (χ2n) is 11.9. The van der Waals surface area contributed by atoms with Crippen LogP contribution in [0.2, 0.25) is 0 Å². The Morgan fingerprint density at radius 2 is 1.59 bits per heavy atom. The van der Waals surface area contributed by atoms with E-state index in [9.17, 15) is 27.1 Å². The molecule has 0 aliphatic carbocycles. The summed E-state index contributed by atoms with van der Waals surface area (Å²) in [5.41, 5.74) is 3.54. The molecule has 1 aromatic heterocycles. The summed E-state index contributed by atoms with van der Waals surface area (Å²) in [6.07, 6.45) is -3.81. The molecule has 0 unspecified atom stereocenters. The van der Waals surface area contributed by atoms with Crippen molar-refractivity contribution < 1.29 is 36.6 Å². The Kier molecular flexibility index (Phi) is 8.39. The number of alkyl halides is 2. The lowest BCUT2D eigenvalue weighted by atomic mass is 9.83. The standard InChI is InChI=1S/C30H35F2NO6S2/c1-16(2)21-10-19(18-8-9-25-26(12-18)39-30(31,32)38-25)11-22(17(3)4)23(21)13-20(35)15-41(36,37)27-24(14-34)33-28(40-27)29(5,6)7/h8-12,16-17,34H,13-15H2,1-7H3. The molecular formula is C30H35F2NO6S2. The summed E-state index contributed by atoms with van der Waals surface area (Å²) in [6.45, 7) is 13.1. The molecule has 0 saturated carbocycles. The molecule has 0 radical (unpaired) electrons. The maximum atomic E-state index is 13.6. The van der Waals surface area contributed by atoms with Crippen LogP contribution in [0.4, 0.5) is 8.78 Å². The maximum absolute atomic E-state index is 13.6. The lowest BCUT2D eigenvalue weighted by Crippen LogP contribution is -2.25. The van der Waals surface area contributed by atoms with Crippen LogP contribution >= 0.6 is 11.3 Å². The van der Waals surface area contributed by atoms with Crippen LogP contribution in [0.25, 0.3) is 11.1 Å². The van der Waals surface area contributed by atoms with Gasteiger partial charge < -0.3 is 14.6 Å². The third kappa shape index (κ3) is 6.62. The van der Waals surface area contributed by atoms with E-state index in [0.29, 0.717) is 10.6 Å². The van der Waals surface area contributed by atoms with Gasteiger partial charge in [-0.1, -0.05) is 66.7 Å². The quantitative estimate of drug-likeness (QED) is 0.287. The summed E-state index contributed by atoms with van der Waals surface area (Å²) >= 11 is 0.993. The smallest absolute Gasteiger partial charge is 0.395 e. The van der Waals surface area contributed by atoms with E-state index in [1.165, 1.54) is 12.1 Å². The molecule has 0 fully saturated rings. The fraction of sp³-hybridized carbons (Fsp3) is 0.467. The first kappa shape index (κ1) is 31.1. The van der Waals surface area contributed by atoms with E-state index in [0.717, 1.165) is 33.6 Å². The predicted octanol–water partition coefficient (Wildman–Crippen LogP) is 6.75. The zero-order valence-electron chi connectivity index (χ0n) is 24.2. The molecule has 0 atom stereocenters. The summed E-state index contributed by atoms with van der Waals surface area (Å²) in [6, 6.07) is 8.42. The van der Waals surface area contributed by atoms with Crippen molar-refractivity contribution in [1.82, 2.24) is 4.98 Å². The van der Waals surface area contributed by atoms with Crippen LogP contribution in [0.15, 0.2) is 34.5 Å². The minimum Gasteiger partial charge on any atom is -0.395 e. The maximum Gasteiger partial charge on any atom is 0.586 e. The van der Waals surface area contributed by atoms with Gasteiger partial charge in [-0.25, -0.2) is 13.4 Å². The van der Waals surface area contributed by atoms with E-state index < -0.39 is 39.7 Å². The molecule has 2 aromatic carbocycles. The Morgan fingerprint density at radius 1 is 1.00 bits per heavy atom. The number of hydrogen-bond acceptors (Lipinski definition) is 8. The molecule has 222 valence electrons. The summed E-state index contributed by atoms with van der Waals surface area (Å²) in [7, 11) is -4.04. The largest absolute Gasteiger partial charge is 0.586 e. The lowest BCUT2D eigenvalue weighted by molar-refractivity contribution is -0.286. The Morgan fingerprint density at radius 3 is 2.12 bits per heavy atom. The van der Waals surface area contributed by atoms with E-state index in [-0.39, 0.29) is 39.7 Å². The number of thiazole rings is 1. The molecule has 0 amide bonds. The molecule has 3 aromatic rings. The predicted molar refractivity (Wildman–Crippen MR) is 154 cm³/mol. The van der Waals surface area contributed by atoms with Gasteiger partial charge in [-0.15, -0.1) is 20.1 Å². The SMILES string of the molecule is CC(C)c1cc(-c2ccc3c(c2)OC(F)(F)O3)cc(C(C)C)c1CC(=O)CS(=O)(=O)c1sc(C(C)(C)C)nc1CO. The Labute approximate surface area is 243 Å². The fourth-order valence-corrected chi connectivity index (χ4v) is 7.69. The van der Waals surface area contributed by atoms with Crippen LogP contribution in [0.3, 0.4) is 0 Å². The molecule has 41 heavy (non-hydrogen) atoms. The fourth-order valence-electron chi connectivity index (χ4n) is 4.77. The summed E-state index contributed by atoms with van der Waals surface area (Å²) in [5.74, 6) is -1.31. The van der Waals surface area contributed by atoms with Gasteiger partial charge in [0.05, 0.1) is 17.3 Å². The average Bonchev–Trinajstić information content (AvgIpc) is 3.43. The number of fused-ring (bicyclic) bond motifs is 1. The molecule has 2 heterocycles. The van der Waals surface area contributed by atoms with Gasteiger partial charge in [0.25, 0.3) is 0 Å². The van der Waals surface area contributed by atoms with Crippen molar-refractivity contribution in [1.29, 1.82) is 0 Å². The van der Waals surface area contributed by atoms with E-state index in [1.54, 1.807) is 6.07 Å². The number of nitrogens with zero attached hydrogens (tertiary/aromatic N) is 1. The van der Waals surface area contributed by atoms with Crippen molar-refractivity contribution in [2.24, 2.45) is 0 Å². The molecular weight excluding hydrogens is 572 g/mol. The van der Waals surface area contributed by atoms with Gasteiger partial charge in [-0.05, 0) is 51.8 Å². The van der Waals surface area contributed by atoms with Crippen LogP contribution < -0.4 is 9.47 Å². The van der Waals surface area contributed by atoms with Gasteiger partial charge in [0.1, 0.15) is 9.96 Å². The number of aromatic nitrogens is 1.